The maximum atomic E-state index is 10.6. The number of aliphatic carboxylic acids is 1. The fourth-order valence-electron chi connectivity index (χ4n) is 1.39. The molecule has 0 unspecified atom stereocenters. The van der Waals surface area contributed by atoms with Crippen molar-refractivity contribution in [2.45, 2.75) is 20.3 Å². The standard InChI is InChI=1S/C12H16O2/c1-9(10(2)12(13)14)8-11-6-4-3-5-7-11/h3-7,9-10H,8H2,1-2H3,(H,13,14)/p-1/t9-,10-/m1/s1. The molecule has 76 valence electrons. The number of carbonyl (C=O) groups is 1. The van der Waals surface area contributed by atoms with E-state index in [1.807, 2.05) is 37.3 Å². The summed E-state index contributed by atoms with van der Waals surface area (Å²) in [6, 6.07) is 9.91. The van der Waals surface area contributed by atoms with Crippen LogP contribution in [0.15, 0.2) is 30.3 Å². The minimum Gasteiger partial charge on any atom is -0.550 e. The number of carboxylic acid groups (broad SMARTS) is 1. The molecule has 2 heteroatoms. The van der Waals surface area contributed by atoms with Crippen molar-refractivity contribution in [3.8, 4) is 0 Å². The third-order valence-corrected chi connectivity index (χ3v) is 2.63. The summed E-state index contributed by atoms with van der Waals surface area (Å²) in [6.07, 6.45) is 0.788. The van der Waals surface area contributed by atoms with Gasteiger partial charge in [0.1, 0.15) is 0 Å². The average Bonchev–Trinajstić information content (AvgIpc) is 2.18. The third-order valence-electron chi connectivity index (χ3n) is 2.63. The second-order valence-electron chi connectivity index (χ2n) is 3.77. The van der Waals surface area contributed by atoms with Crippen molar-refractivity contribution in [2.75, 3.05) is 0 Å². The first kappa shape index (κ1) is 10.8. The van der Waals surface area contributed by atoms with Crippen molar-refractivity contribution in [3.63, 3.8) is 0 Å². The predicted molar refractivity (Wildman–Crippen MR) is 53.5 cm³/mol. The molecule has 2 nitrogen and oxygen atoms in total. The molecule has 1 aromatic carbocycles. The summed E-state index contributed by atoms with van der Waals surface area (Å²) in [5.74, 6) is -1.24. The van der Waals surface area contributed by atoms with Crippen molar-refractivity contribution in [1.82, 2.24) is 0 Å². The maximum absolute atomic E-state index is 10.6. The largest absolute Gasteiger partial charge is 0.550 e. The highest BCUT2D eigenvalue weighted by Crippen LogP contribution is 2.16. The number of carbonyl (C=O) groups excluding carboxylic acids is 1. The van der Waals surface area contributed by atoms with E-state index in [0.717, 1.165) is 6.42 Å². The topological polar surface area (TPSA) is 40.1 Å². The molecule has 0 spiro atoms. The molecule has 0 aliphatic carbocycles. The van der Waals surface area contributed by atoms with Gasteiger partial charge in [0.2, 0.25) is 0 Å². The van der Waals surface area contributed by atoms with E-state index in [4.69, 9.17) is 0 Å². The lowest BCUT2D eigenvalue weighted by atomic mass is 9.90. The minimum atomic E-state index is -0.964. The monoisotopic (exact) mass is 191 g/mol. The summed E-state index contributed by atoms with van der Waals surface area (Å²) >= 11 is 0. The Labute approximate surface area is 84.6 Å². The SMILES string of the molecule is C[C@H](Cc1ccccc1)[C@@H](C)C(=O)[O-]. The molecule has 0 aliphatic heterocycles. The molecule has 1 aromatic rings. The van der Waals surface area contributed by atoms with Gasteiger partial charge < -0.3 is 9.90 Å². The molecule has 1 rings (SSSR count). The molecule has 14 heavy (non-hydrogen) atoms. The first-order valence-electron chi connectivity index (χ1n) is 4.86. The molecular weight excluding hydrogens is 176 g/mol. The zero-order chi connectivity index (χ0) is 10.6. The molecule has 0 fully saturated rings. The zero-order valence-electron chi connectivity index (χ0n) is 8.57. The first-order valence-corrected chi connectivity index (χ1v) is 4.86. The van der Waals surface area contributed by atoms with Gasteiger partial charge in [0.15, 0.2) is 0 Å². The van der Waals surface area contributed by atoms with Gasteiger partial charge in [0.25, 0.3) is 0 Å². The van der Waals surface area contributed by atoms with Crippen molar-refractivity contribution < 1.29 is 9.90 Å². The summed E-state index contributed by atoms with van der Waals surface area (Å²) in [6.45, 7) is 3.64. The molecule has 0 radical (unpaired) electrons. The third kappa shape index (κ3) is 2.87. The van der Waals surface area contributed by atoms with Gasteiger partial charge in [-0.25, -0.2) is 0 Å². The van der Waals surface area contributed by atoms with E-state index in [0.29, 0.717) is 0 Å². The molecule has 2 atom stereocenters. The molecule has 0 saturated carbocycles. The lowest BCUT2D eigenvalue weighted by molar-refractivity contribution is -0.312. The summed E-state index contributed by atoms with van der Waals surface area (Å²) < 4.78 is 0. The highest BCUT2D eigenvalue weighted by atomic mass is 16.4. The van der Waals surface area contributed by atoms with Crippen LogP contribution in [-0.4, -0.2) is 5.97 Å². The minimum absolute atomic E-state index is 0.113. The van der Waals surface area contributed by atoms with Crippen molar-refractivity contribution in [1.29, 1.82) is 0 Å². The lowest BCUT2D eigenvalue weighted by Crippen LogP contribution is -2.33. The van der Waals surface area contributed by atoms with E-state index in [-0.39, 0.29) is 5.92 Å². The Morgan fingerprint density at radius 1 is 1.29 bits per heavy atom. The van der Waals surface area contributed by atoms with Crippen LogP contribution in [0.4, 0.5) is 0 Å². The Balaban J connectivity index is 2.57. The number of rotatable bonds is 4. The molecule has 0 bridgehead atoms. The van der Waals surface area contributed by atoms with Crippen LogP contribution in [-0.2, 0) is 11.2 Å². The lowest BCUT2D eigenvalue weighted by Gasteiger charge is -2.20. The second kappa shape index (κ2) is 4.80. The van der Waals surface area contributed by atoms with Crippen LogP contribution in [0.3, 0.4) is 0 Å². The van der Waals surface area contributed by atoms with Crippen molar-refractivity contribution in [2.24, 2.45) is 11.8 Å². The number of benzene rings is 1. The van der Waals surface area contributed by atoms with E-state index in [1.165, 1.54) is 5.56 Å². The Morgan fingerprint density at radius 3 is 2.36 bits per heavy atom. The van der Waals surface area contributed by atoms with Gasteiger partial charge in [-0.1, -0.05) is 44.2 Å². The highest BCUT2D eigenvalue weighted by molar-refractivity contribution is 5.67. The molecule has 0 aromatic heterocycles. The quantitative estimate of drug-likeness (QED) is 0.718. The fraction of sp³-hybridized carbons (Fsp3) is 0.417. The first-order chi connectivity index (χ1) is 6.61. The van der Waals surface area contributed by atoms with Gasteiger partial charge >= 0.3 is 0 Å². The fourth-order valence-corrected chi connectivity index (χ4v) is 1.39. The van der Waals surface area contributed by atoms with Crippen LogP contribution >= 0.6 is 0 Å². The zero-order valence-corrected chi connectivity index (χ0v) is 8.57. The van der Waals surface area contributed by atoms with Crippen LogP contribution in [0.2, 0.25) is 0 Å². The van der Waals surface area contributed by atoms with E-state index in [9.17, 15) is 9.90 Å². The Morgan fingerprint density at radius 2 is 1.86 bits per heavy atom. The molecule has 0 amide bonds. The van der Waals surface area contributed by atoms with E-state index in [1.54, 1.807) is 6.92 Å². The highest BCUT2D eigenvalue weighted by Gasteiger charge is 2.13. The van der Waals surface area contributed by atoms with Crippen LogP contribution in [0.5, 0.6) is 0 Å². The number of hydrogen-bond donors (Lipinski definition) is 0. The van der Waals surface area contributed by atoms with Gasteiger partial charge in [-0.15, -0.1) is 0 Å². The van der Waals surface area contributed by atoms with Crippen LogP contribution in [0.25, 0.3) is 0 Å². The van der Waals surface area contributed by atoms with Crippen LogP contribution in [0.1, 0.15) is 19.4 Å². The Kier molecular flexibility index (Phi) is 3.69. The predicted octanol–water partition coefficient (Wildman–Crippen LogP) is 1.25. The van der Waals surface area contributed by atoms with Crippen LogP contribution in [0, 0.1) is 11.8 Å². The van der Waals surface area contributed by atoms with Gasteiger partial charge in [-0.3, -0.25) is 0 Å². The molecule has 0 aliphatic rings. The normalized spacial score (nSPS) is 14.7. The number of carboxylic acids is 1. The van der Waals surface area contributed by atoms with E-state index >= 15 is 0 Å². The summed E-state index contributed by atoms with van der Waals surface area (Å²) in [5, 5.41) is 10.6. The molecule has 0 heterocycles. The van der Waals surface area contributed by atoms with E-state index in [2.05, 4.69) is 0 Å². The summed E-state index contributed by atoms with van der Waals surface area (Å²) in [7, 11) is 0. The second-order valence-corrected chi connectivity index (χ2v) is 3.77. The Hall–Kier alpha value is -1.31. The average molecular weight is 191 g/mol. The van der Waals surface area contributed by atoms with Gasteiger partial charge in [0.05, 0.1) is 0 Å². The number of hydrogen-bond acceptors (Lipinski definition) is 2. The van der Waals surface area contributed by atoms with Gasteiger partial charge in [0, 0.05) is 5.97 Å². The maximum Gasteiger partial charge on any atom is 0.0445 e. The van der Waals surface area contributed by atoms with E-state index < -0.39 is 11.9 Å². The van der Waals surface area contributed by atoms with Gasteiger partial charge in [-0.05, 0) is 23.8 Å². The van der Waals surface area contributed by atoms with Crippen LogP contribution < -0.4 is 5.11 Å². The summed E-state index contributed by atoms with van der Waals surface area (Å²) in [5.41, 5.74) is 1.17. The van der Waals surface area contributed by atoms with Crippen molar-refractivity contribution >= 4 is 5.97 Å². The molecule has 0 saturated heterocycles. The van der Waals surface area contributed by atoms with Gasteiger partial charge in [-0.2, -0.15) is 0 Å². The van der Waals surface area contributed by atoms with Crippen molar-refractivity contribution in [3.05, 3.63) is 35.9 Å². The molecular formula is C12H15O2-. The Bertz CT molecular complexity index is 292. The summed E-state index contributed by atoms with van der Waals surface area (Å²) in [4.78, 5) is 10.6. The molecule has 0 N–H and O–H groups in total. The smallest absolute Gasteiger partial charge is 0.0445 e.